The third-order valence-electron chi connectivity index (χ3n) is 3.57. The van der Waals surface area contributed by atoms with Gasteiger partial charge in [-0.3, -0.25) is 4.79 Å². The van der Waals surface area contributed by atoms with Crippen molar-refractivity contribution in [3.05, 3.63) is 34.2 Å². The van der Waals surface area contributed by atoms with Gasteiger partial charge in [0, 0.05) is 19.7 Å². The first-order valence-corrected chi connectivity index (χ1v) is 7.58. The number of rotatable bonds is 4. The van der Waals surface area contributed by atoms with Crippen molar-refractivity contribution >= 4 is 29.2 Å². The lowest BCUT2D eigenvalue weighted by atomic mass is 10.0. The SMILES string of the molecule is COC(=O)c1cc(C(Cl)C(=O)N2CCCOCC2)ccc1N=O. The molecular weight excluding hydrogens is 324 g/mol. The first-order chi connectivity index (χ1) is 11.1. The molecular formula is C15H17ClN2O5. The van der Waals surface area contributed by atoms with Crippen LogP contribution in [-0.4, -0.2) is 50.2 Å². The van der Waals surface area contributed by atoms with E-state index in [0.29, 0.717) is 31.9 Å². The molecule has 0 saturated carbocycles. The number of methoxy groups -OCH3 is 1. The lowest BCUT2D eigenvalue weighted by Crippen LogP contribution is -2.35. The Kier molecular flexibility index (Phi) is 6.06. The monoisotopic (exact) mass is 340 g/mol. The van der Waals surface area contributed by atoms with E-state index in [4.69, 9.17) is 16.3 Å². The fourth-order valence-corrected chi connectivity index (χ4v) is 2.61. The molecule has 0 spiro atoms. The van der Waals surface area contributed by atoms with Crippen LogP contribution in [0.3, 0.4) is 0 Å². The number of benzene rings is 1. The molecule has 1 aliphatic rings. The highest BCUT2D eigenvalue weighted by atomic mass is 35.5. The van der Waals surface area contributed by atoms with Gasteiger partial charge in [-0.1, -0.05) is 6.07 Å². The molecule has 1 saturated heterocycles. The van der Waals surface area contributed by atoms with Gasteiger partial charge in [0.25, 0.3) is 0 Å². The molecule has 1 aromatic rings. The van der Waals surface area contributed by atoms with Crippen LogP contribution in [0.2, 0.25) is 0 Å². The van der Waals surface area contributed by atoms with E-state index in [2.05, 4.69) is 9.91 Å². The summed E-state index contributed by atoms with van der Waals surface area (Å²) in [6.45, 7) is 2.12. The second kappa shape index (κ2) is 8.03. The molecule has 0 radical (unpaired) electrons. The Morgan fingerprint density at radius 2 is 2.13 bits per heavy atom. The van der Waals surface area contributed by atoms with Crippen LogP contribution in [0.25, 0.3) is 0 Å². The number of nitroso groups, excluding NO2 is 1. The molecule has 1 aliphatic heterocycles. The molecule has 0 aliphatic carbocycles. The second-order valence-corrected chi connectivity index (χ2v) is 5.45. The summed E-state index contributed by atoms with van der Waals surface area (Å²) in [5.41, 5.74) is 0.340. The number of carbonyl (C=O) groups is 2. The van der Waals surface area contributed by atoms with E-state index in [9.17, 15) is 14.5 Å². The van der Waals surface area contributed by atoms with Crippen molar-refractivity contribution in [2.24, 2.45) is 5.18 Å². The quantitative estimate of drug-likeness (QED) is 0.477. The smallest absolute Gasteiger partial charge is 0.340 e. The van der Waals surface area contributed by atoms with Crippen molar-refractivity contribution in [3.63, 3.8) is 0 Å². The normalized spacial score (nSPS) is 16.3. The van der Waals surface area contributed by atoms with Crippen molar-refractivity contribution in [3.8, 4) is 0 Å². The Morgan fingerprint density at radius 3 is 2.83 bits per heavy atom. The van der Waals surface area contributed by atoms with Gasteiger partial charge in [0.1, 0.15) is 11.1 Å². The van der Waals surface area contributed by atoms with E-state index in [1.54, 1.807) is 4.90 Å². The summed E-state index contributed by atoms with van der Waals surface area (Å²) < 4.78 is 9.92. The van der Waals surface area contributed by atoms with Crippen LogP contribution in [0.15, 0.2) is 23.4 Å². The molecule has 8 heteroatoms. The molecule has 0 N–H and O–H groups in total. The van der Waals surface area contributed by atoms with Crippen LogP contribution in [0.4, 0.5) is 5.69 Å². The summed E-state index contributed by atoms with van der Waals surface area (Å²) in [6.07, 6.45) is 0.747. The summed E-state index contributed by atoms with van der Waals surface area (Å²) in [5.74, 6) is -0.972. The highest BCUT2D eigenvalue weighted by molar-refractivity contribution is 6.30. The number of hydrogen-bond acceptors (Lipinski definition) is 6. The van der Waals surface area contributed by atoms with Crippen molar-refractivity contribution in [2.45, 2.75) is 11.8 Å². The summed E-state index contributed by atoms with van der Waals surface area (Å²) >= 11 is 6.27. The molecule has 1 aromatic carbocycles. The van der Waals surface area contributed by atoms with Gasteiger partial charge in [-0.25, -0.2) is 4.79 Å². The second-order valence-electron chi connectivity index (χ2n) is 5.01. The van der Waals surface area contributed by atoms with Gasteiger partial charge in [0.2, 0.25) is 5.91 Å². The predicted molar refractivity (Wildman–Crippen MR) is 83.8 cm³/mol. The minimum atomic E-state index is -0.961. The molecule has 0 aromatic heterocycles. The van der Waals surface area contributed by atoms with Crippen molar-refractivity contribution in [1.29, 1.82) is 0 Å². The van der Waals surface area contributed by atoms with Crippen LogP contribution in [0, 0.1) is 4.91 Å². The van der Waals surface area contributed by atoms with Gasteiger partial charge >= 0.3 is 5.97 Å². The summed E-state index contributed by atoms with van der Waals surface area (Å²) in [5, 5.41) is 1.82. The molecule has 1 heterocycles. The summed E-state index contributed by atoms with van der Waals surface area (Å²) in [4.78, 5) is 36.6. The average Bonchev–Trinajstić information content (AvgIpc) is 2.88. The molecule has 23 heavy (non-hydrogen) atoms. The highest BCUT2D eigenvalue weighted by Crippen LogP contribution is 2.29. The molecule has 0 bridgehead atoms. The minimum Gasteiger partial charge on any atom is -0.465 e. The Labute approximate surface area is 138 Å². The van der Waals surface area contributed by atoms with Crippen molar-refractivity contribution < 1.29 is 19.1 Å². The van der Waals surface area contributed by atoms with Crippen LogP contribution in [-0.2, 0) is 14.3 Å². The standard InChI is InChI=1S/C15H17ClN2O5/c1-22-15(20)11-9-10(3-4-12(11)17-21)13(16)14(19)18-5-2-7-23-8-6-18/h3-4,9,13H,2,5-8H2,1H3. The maximum atomic E-state index is 12.5. The number of ether oxygens (including phenoxy) is 2. The number of carbonyl (C=O) groups excluding carboxylic acids is 2. The number of esters is 1. The summed E-state index contributed by atoms with van der Waals surface area (Å²) in [6, 6.07) is 4.22. The maximum Gasteiger partial charge on any atom is 0.340 e. The lowest BCUT2D eigenvalue weighted by Gasteiger charge is -2.22. The van der Waals surface area contributed by atoms with Crippen LogP contribution in [0.1, 0.15) is 27.7 Å². The van der Waals surface area contributed by atoms with Crippen molar-refractivity contribution in [1.82, 2.24) is 4.90 Å². The molecule has 124 valence electrons. The highest BCUT2D eigenvalue weighted by Gasteiger charge is 2.26. The zero-order chi connectivity index (χ0) is 16.8. The van der Waals surface area contributed by atoms with E-state index in [0.717, 1.165) is 6.42 Å². The zero-order valence-corrected chi connectivity index (χ0v) is 13.4. The summed E-state index contributed by atoms with van der Waals surface area (Å²) in [7, 11) is 1.20. The zero-order valence-electron chi connectivity index (χ0n) is 12.7. The Bertz CT molecular complexity index is 600. The topological polar surface area (TPSA) is 85.3 Å². The third-order valence-corrected chi connectivity index (χ3v) is 4.01. The van der Waals surface area contributed by atoms with Crippen molar-refractivity contribution in [2.75, 3.05) is 33.4 Å². The lowest BCUT2D eigenvalue weighted by molar-refractivity contribution is -0.131. The third kappa shape index (κ3) is 4.05. The molecule has 1 amide bonds. The average molecular weight is 341 g/mol. The van der Waals surface area contributed by atoms with Crippen LogP contribution < -0.4 is 0 Å². The Balaban J connectivity index is 2.24. The van der Waals surface area contributed by atoms with Gasteiger partial charge in [0.05, 0.1) is 19.3 Å². The first kappa shape index (κ1) is 17.4. The predicted octanol–water partition coefficient (Wildman–Crippen LogP) is 2.40. The molecule has 1 unspecified atom stereocenters. The van der Waals surface area contributed by atoms with E-state index in [-0.39, 0.29) is 17.2 Å². The number of nitrogens with zero attached hydrogens (tertiary/aromatic N) is 2. The van der Waals surface area contributed by atoms with Gasteiger partial charge in [0.15, 0.2) is 0 Å². The van der Waals surface area contributed by atoms with Crippen LogP contribution in [0.5, 0.6) is 0 Å². The number of amides is 1. The Hall–Kier alpha value is -1.99. The number of alkyl halides is 1. The molecule has 1 atom stereocenters. The number of hydrogen-bond donors (Lipinski definition) is 0. The minimum absolute atomic E-state index is 0.0161. The largest absolute Gasteiger partial charge is 0.465 e. The fourth-order valence-electron chi connectivity index (χ4n) is 2.33. The van der Waals surface area contributed by atoms with E-state index in [1.807, 2.05) is 0 Å². The van der Waals surface area contributed by atoms with Gasteiger partial charge in [-0.05, 0) is 29.3 Å². The van der Waals surface area contributed by atoms with Crippen LogP contribution >= 0.6 is 11.6 Å². The first-order valence-electron chi connectivity index (χ1n) is 7.14. The molecule has 7 nitrogen and oxygen atoms in total. The molecule has 2 rings (SSSR count). The Morgan fingerprint density at radius 1 is 1.35 bits per heavy atom. The van der Waals surface area contributed by atoms with Gasteiger partial charge in [-0.15, -0.1) is 16.5 Å². The fraction of sp³-hybridized carbons (Fsp3) is 0.467. The maximum absolute atomic E-state index is 12.5. The van der Waals surface area contributed by atoms with E-state index in [1.165, 1.54) is 25.3 Å². The number of halogens is 1. The van der Waals surface area contributed by atoms with E-state index < -0.39 is 11.3 Å². The van der Waals surface area contributed by atoms with E-state index >= 15 is 0 Å². The van der Waals surface area contributed by atoms with Gasteiger partial charge < -0.3 is 14.4 Å². The molecule has 1 fully saturated rings. The van der Waals surface area contributed by atoms with Gasteiger partial charge in [-0.2, -0.15) is 0 Å².